The molecule has 0 saturated carbocycles. The van der Waals surface area contributed by atoms with Crippen LogP contribution < -0.4 is 5.32 Å². The number of nitrogens with one attached hydrogen (secondary N) is 1. The molecule has 118 valence electrons. The molecule has 0 aromatic heterocycles. The maximum Gasteiger partial charge on any atom is 0.153 e. The highest BCUT2D eigenvalue weighted by molar-refractivity contribution is 7.92. The predicted molar refractivity (Wildman–Crippen MR) is 88.2 cm³/mol. The van der Waals surface area contributed by atoms with Gasteiger partial charge in [0.1, 0.15) is 0 Å². The van der Waals surface area contributed by atoms with Crippen molar-refractivity contribution in [1.29, 1.82) is 0 Å². The first-order chi connectivity index (χ1) is 9.55. The summed E-state index contributed by atoms with van der Waals surface area (Å²) in [5.41, 5.74) is 2.83. The van der Waals surface area contributed by atoms with Gasteiger partial charge in [0, 0.05) is 18.8 Å². The Hall–Kier alpha value is -0.870. The summed E-state index contributed by atoms with van der Waals surface area (Å²) in [4.78, 5) is 0. The van der Waals surface area contributed by atoms with Crippen molar-refractivity contribution in [3.63, 3.8) is 0 Å². The molecular weight excluding hydrogens is 282 g/mol. The topological polar surface area (TPSA) is 46.2 Å². The molecule has 1 aliphatic carbocycles. The van der Waals surface area contributed by atoms with Crippen LogP contribution in [0, 0.1) is 5.41 Å². The summed E-state index contributed by atoms with van der Waals surface area (Å²) in [5, 5.41) is 3.54. The molecule has 0 aliphatic heterocycles. The molecule has 1 atom stereocenters. The Kier molecular flexibility index (Phi) is 4.24. The van der Waals surface area contributed by atoms with Crippen LogP contribution in [0.15, 0.2) is 24.3 Å². The smallest absolute Gasteiger partial charge is 0.153 e. The largest absolute Gasteiger partial charge is 0.308 e. The number of aryl methyl sites for hydroxylation is 1. The van der Waals surface area contributed by atoms with Crippen LogP contribution in [0.3, 0.4) is 0 Å². The highest BCUT2D eigenvalue weighted by Crippen LogP contribution is 2.43. The second-order valence-corrected chi connectivity index (χ2v) is 10.2. The molecular formula is C17H27NO2S. The molecule has 0 bridgehead atoms. The molecule has 0 heterocycles. The van der Waals surface area contributed by atoms with Crippen LogP contribution in [0.4, 0.5) is 0 Å². The highest BCUT2D eigenvalue weighted by atomic mass is 32.2. The van der Waals surface area contributed by atoms with Gasteiger partial charge in [-0.1, -0.05) is 38.1 Å². The van der Waals surface area contributed by atoms with Gasteiger partial charge in [0.05, 0.1) is 4.75 Å². The molecule has 0 fully saturated rings. The standard InChI is InChI=1S/C17H27NO2S/c1-16(2)11-10-13-8-6-7-9-14(13)15(16)18-12-17(3,4)21(5,19)20/h6-9,15,18H,10-12H2,1-5H3. The number of hydrogen-bond acceptors (Lipinski definition) is 3. The van der Waals surface area contributed by atoms with Crippen molar-refractivity contribution < 1.29 is 8.42 Å². The van der Waals surface area contributed by atoms with Crippen molar-refractivity contribution in [3.05, 3.63) is 35.4 Å². The third kappa shape index (κ3) is 3.32. The molecule has 0 amide bonds. The molecule has 1 N–H and O–H groups in total. The van der Waals surface area contributed by atoms with Crippen LogP contribution >= 0.6 is 0 Å². The van der Waals surface area contributed by atoms with Crippen molar-refractivity contribution in [2.24, 2.45) is 5.41 Å². The average Bonchev–Trinajstić information content (AvgIpc) is 2.35. The van der Waals surface area contributed by atoms with Gasteiger partial charge in [-0.3, -0.25) is 0 Å². The first kappa shape index (κ1) is 16.5. The summed E-state index contributed by atoms with van der Waals surface area (Å²) < 4.78 is 23.0. The third-order valence-electron chi connectivity index (χ3n) is 4.92. The number of sulfone groups is 1. The molecule has 3 nitrogen and oxygen atoms in total. The summed E-state index contributed by atoms with van der Waals surface area (Å²) in [5.74, 6) is 0. The lowest BCUT2D eigenvalue weighted by Crippen LogP contribution is -2.47. The molecule has 21 heavy (non-hydrogen) atoms. The van der Waals surface area contributed by atoms with Crippen molar-refractivity contribution in [2.45, 2.75) is 51.3 Å². The van der Waals surface area contributed by atoms with Crippen molar-refractivity contribution in [1.82, 2.24) is 5.32 Å². The first-order valence-corrected chi connectivity index (χ1v) is 9.44. The van der Waals surface area contributed by atoms with E-state index in [-0.39, 0.29) is 11.5 Å². The minimum absolute atomic E-state index is 0.127. The molecule has 0 spiro atoms. The molecule has 1 aromatic carbocycles. The number of fused-ring (bicyclic) bond motifs is 1. The monoisotopic (exact) mass is 309 g/mol. The highest BCUT2D eigenvalue weighted by Gasteiger charge is 2.38. The van der Waals surface area contributed by atoms with E-state index >= 15 is 0 Å². The lowest BCUT2D eigenvalue weighted by atomic mass is 9.70. The van der Waals surface area contributed by atoms with E-state index in [4.69, 9.17) is 0 Å². The van der Waals surface area contributed by atoms with Crippen LogP contribution in [0.5, 0.6) is 0 Å². The van der Waals surface area contributed by atoms with E-state index in [1.165, 1.54) is 17.4 Å². The molecule has 1 aliphatic rings. The van der Waals surface area contributed by atoms with Crippen molar-refractivity contribution >= 4 is 9.84 Å². The quantitative estimate of drug-likeness (QED) is 0.929. The van der Waals surface area contributed by atoms with Gasteiger partial charge in [-0.25, -0.2) is 8.42 Å². The first-order valence-electron chi connectivity index (χ1n) is 7.55. The lowest BCUT2D eigenvalue weighted by Gasteiger charge is -2.42. The number of hydrogen-bond donors (Lipinski definition) is 1. The lowest BCUT2D eigenvalue weighted by molar-refractivity contribution is 0.206. The van der Waals surface area contributed by atoms with E-state index in [1.54, 1.807) is 13.8 Å². The zero-order valence-corrected chi connectivity index (χ0v) is 14.5. The van der Waals surface area contributed by atoms with E-state index in [2.05, 4.69) is 43.4 Å². The van der Waals surface area contributed by atoms with E-state index < -0.39 is 14.6 Å². The second-order valence-electron chi connectivity index (χ2n) is 7.53. The fraction of sp³-hybridized carbons (Fsp3) is 0.647. The minimum atomic E-state index is -3.08. The summed E-state index contributed by atoms with van der Waals surface area (Å²) in [7, 11) is -3.08. The Bertz CT molecular complexity index is 617. The summed E-state index contributed by atoms with van der Waals surface area (Å²) in [6.07, 6.45) is 3.52. The fourth-order valence-electron chi connectivity index (χ4n) is 2.93. The maximum atomic E-state index is 11.9. The Morgan fingerprint density at radius 2 is 1.90 bits per heavy atom. The Morgan fingerprint density at radius 1 is 1.29 bits per heavy atom. The van der Waals surface area contributed by atoms with Crippen LogP contribution in [-0.4, -0.2) is 26.0 Å². The van der Waals surface area contributed by atoms with E-state index in [0.717, 1.165) is 12.8 Å². The zero-order valence-electron chi connectivity index (χ0n) is 13.7. The number of benzene rings is 1. The van der Waals surface area contributed by atoms with E-state index in [1.807, 2.05) is 0 Å². The van der Waals surface area contributed by atoms with Crippen LogP contribution in [0.25, 0.3) is 0 Å². The van der Waals surface area contributed by atoms with Gasteiger partial charge in [-0.15, -0.1) is 0 Å². The summed E-state index contributed by atoms with van der Waals surface area (Å²) in [6, 6.07) is 8.69. The molecule has 1 unspecified atom stereocenters. The van der Waals surface area contributed by atoms with Gasteiger partial charge in [0.15, 0.2) is 9.84 Å². The second kappa shape index (κ2) is 5.40. The van der Waals surface area contributed by atoms with Gasteiger partial charge in [-0.05, 0) is 43.2 Å². The average molecular weight is 309 g/mol. The van der Waals surface area contributed by atoms with Gasteiger partial charge in [0.25, 0.3) is 0 Å². The van der Waals surface area contributed by atoms with Crippen LogP contribution in [0.1, 0.15) is 51.3 Å². The van der Waals surface area contributed by atoms with Gasteiger partial charge in [0.2, 0.25) is 0 Å². The van der Waals surface area contributed by atoms with Crippen molar-refractivity contribution in [2.75, 3.05) is 12.8 Å². The molecule has 0 radical (unpaired) electrons. The molecule has 4 heteroatoms. The van der Waals surface area contributed by atoms with E-state index in [0.29, 0.717) is 6.54 Å². The zero-order chi connectivity index (χ0) is 15.9. The minimum Gasteiger partial charge on any atom is -0.308 e. The Morgan fingerprint density at radius 3 is 2.52 bits per heavy atom. The Balaban J connectivity index is 2.26. The number of rotatable bonds is 4. The summed E-state index contributed by atoms with van der Waals surface area (Å²) in [6.45, 7) is 8.56. The molecule has 2 rings (SSSR count). The summed E-state index contributed by atoms with van der Waals surface area (Å²) >= 11 is 0. The third-order valence-corrected chi connectivity index (χ3v) is 7.07. The predicted octanol–water partition coefficient (Wildman–Crippen LogP) is 3.11. The SMILES string of the molecule is CC1(C)CCc2ccccc2C1NCC(C)(C)S(C)(=O)=O. The van der Waals surface area contributed by atoms with Crippen LogP contribution in [-0.2, 0) is 16.3 Å². The van der Waals surface area contributed by atoms with E-state index in [9.17, 15) is 8.42 Å². The fourth-order valence-corrected chi connectivity index (χ4v) is 3.28. The molecule has 1 aromatic rings. The Labute approximate surface area is 129 Å². The van der Waals surface area contributed by atoms with Crippen LogP contribution in [0.2, 0.25) is 0 Å². The van der Waals surface area contributed by atoms with Crippen molar-refractivity contribution in [3.8, 4) is 0 Å². The normalized spacial score (nSPS) is 21.9. The maximum absolute atomic E-state index is 11.9. The van der Waals surface area contributed by atoms with Gasteiger partial charge >= 0.3 is 0 Å². The molecule has 0 saturated heterocycles. The van der Waals surface area contributed by atoms with Gasteiger partial charge < -0.3 is 5.32 Å². The van der Waals surface area contributed by atoms with Gasteiger partial charge in [-0.2, -0.15) is 0 Å².